The molecule has 1 aromatic heterocycles. The van der Waals surface area contributed by atoms with E-state index in [1.807, 2.05) is 31.2 Å². The normalized spacial score (nSPS) is 10.0. The topological polar surface area (TPSA) is 146 Å². The van der Waals surface area contributed by atoms with Crippen molar-refractivity contribution in [3.05, 3.63) is 35.5 Å². The number of rotatable bonds is 9. The highest BCUT2D eigenvalue weighted by atomic mass is 35.5. The summed E-state index contributed by atoms with van der Waals surface area (Å²) in [5.74, 6) is 0.930. The van der Waals surface area contributed by atoms with Crippen LogP contribution in [-0.2, 0) is 17.6 Å². The number of halogens is 1. The van der Waals surface area contributed by atoms with Crippen molar-refractivity contribution in [2.75, 3.05) is 24.7 Å². The van der Waals surface area contributed by atoms with E-state index in [-0.39, 0.29) is 43.8 Å². The number of aryl methyl sites for hydroxylation is 2. The number of carbonyl (C=O) groups excluding carboxylic acids is 1. The zero-order valence-electron chi connectivity index (χ0n) is 15.0. The van der Waals surface area contributed by atoms with Crippen LogP contribution in [0.25, 0.3) is 0 Å². The molecule has 1 aromatic carbocycles. The maximum atomic E-state index is 11.2. The van der Waals surface area contributed by atoms with Crippen LogP contribution in [-0.4, -0.2) is 34.3 Å². The second kappa shape index (κ2) is 11.0. The Morgan fingerprint density at radius 1 is 1.19 bits per heavy atom. The summed E-state index contributed by atoms with van der Waals surface area (Å²) >= 11 is 0. The first-order valence-electron chi connectivity index (χ1n) is 8.23. The lowest BCUT2D eigenvalue weighted by Crippen LogP contribution is -2.19. The van der Waals surface area contributed by atoms with Gasteiger partial charge in [-0.15, -0.1) is 12.4 Å². The van der Waals surface area contributed by atoms with E-state index in [1.165, 1.54) is 0 Å². The molecule has 0 fully saturated rings. The Morgan fingerprint density at radius 2 is 1.89 bits per heavy atom. The molecule has 6 N–H and O–H groups in total. The Balaban J connectivity index is 0.00000364. The lowest BCUT2D eigenvalue weighted by Gasteiger charge is -2.14. The molecule has 0 aliphatic carbocycles. The number of ether oxygens (including phenoxy) is 2. The molecule has 0 saturated carbocycles. The number of hydrogen-bond acceptors (Lipinski definition) is 8. The quantitative estimate of drug-likeness (QED) is 0.283. The molecule has 148 valence electrons. The third-order valence-electron chi connectivity index (χ3n) is 3.62. The van der Waals surface area contributed by atoms with Crippen LogP contribution in [0.2, 0.25) is 0 Å². The number of hydroxylamine groups is 1. The van der Waals surface area contributed by atoms with Gasteiger partial charge in [0, 0.05) is 6.42 Å². The van der Waals surface area contributed by atoms with Crippen LogP contribution in [0.3, 0.4) is 0 Å². The lowest BCUT2D eigenvalue weighted by molar-refractivity contribution is -0.129. The van der Waals surface area contributed by atoms with Crippen molar-refractivity contribution in [1.29, 1.82) is 0 Å². The molecule has 0 bridgehead atoms. The van der Waals surface area contributed by atoms with Crippen molar-refractivity contribution in [3.63, 3.8) is 0 Å². The van der Waals surface area contributed by atoms with Gasteiger partial charge in [-0.2, -0.15) is 4.98 Å². The number of amides is 1. The van der Waals surface area contributed by atoms with Gasteiger partial charge in [-0.3, -0.25) is 10.0 Å². The molecule has 0 unspecified atom stereocenters. The summed E-state index contributed by atoms with van der Waals surface area (Å²) in [6.07, 6.45) is 1.22. The van der Waals surface area contributed by atoms with Crippen molar-refractivity contribution in [1.82, 2.24) is 15.4 Å². The Morgan fingerprint density at radius 3 is 2.59 bits per heavy atom. The van der Waals surface area contributed by atoms with Gasteiger partial charge in [0.25, 0.3) is 0 Å². The van der Waals surface area contributed by atoms with E-state index in [2.05, 4.69) is 9.97 Å². The van der Waals surface area contributed by atoms with E-state index in [9.17, 15) is 4.79 Å². The Labute approximate surface area is 163 Å². The van der Waals surface area contributed by atoms with E-state index >= 15 is 0 Å². The molecule has 1 heterocycles. The first-order chi connectivity index (χ1) is 12.5. The van der Waals surface area contributed by atoms with Crippen molar-refractivity contribution < 1.29 is 19.5 Å². The van der Waals surface area contributed by atoms with E-state index in [0.717, 1.165) is 5.56 Å². The Kier molecular flexibility index (Phi) is 9.11. The number of nitrogens with zero attached hydrogens (tertiary/aromatic N) is 2. The summed E-state index contributed by atoms with van der Waals surface area (Å²) in [6.45, 7) is 2.44. The molecule has 10 heteroatoms. The number of nitrogen functional groups attached to an aromatic ring is 2. The van der Waals surface area contributed by atoms with E-state index < -0.39 is 5.91 Å². The van der Waals surface area contributed by atoms with Crippen LogP contribution in [0.5, 0.6) is 11.5 Å². The van der Waals surface area contributed by atoms with Gasteiger partial charge in [0.2, 0.25) is 11.9 Å². The molecule has 27 heavy (non-hydrogen) atoms. The summed E-state index contributed by atoms with van der Waals surface area (Å²) in [7, 11) is 0. The monoisotopic (exact) mass is 397 g/mol. The predicted octanol–water partition coefficient (Wildman–Crippen LogP) is 1.52. The third kappa shape index (κ3) is 6.46. The second-order valence-electron chi connectivity index (χ2n) is 5.44. The summed E-state index contributed by atoms with van der Waals surface area (Å²) < 4.78 is 11.4. The molecule has 0 saturated heterocycles. The highest BCUT2D eigenvalue weighted by molar-refractivity contribution is 5.85. The average Bonchev–Trinajstić information content (AvgIpc) is 2.64. The minimum Gasteiger partial charge on any atom is -0.490 e. The fourth-order valence-corrected chi connectivity index (χ4v) is 2.38. The standard InChI is InChI=1S/C17H23N5O4.ClH/c1-2-12-15(16(18)21-17(19)20-12)26-10-9-25-13-6-4-3-5-11(13)7-8-14(23)22-24;/h3-6,24H,2,7-10H2,1H3,(H,22,23)(H4,18,19,20,21);1H. The third-order valence-corrected chi connectivity index (χ3v) is 3.62. The van der Waals surface area contributed by atoms with Gasteiger partial charge in [0.15, 0.2) is 11.6 Å². The number of nitrogens with two attached hydrogens (primary N) is 2. The number of carbonyl (C=O) groups is 1. The molecule has 2 rings (SSSR count). The van der Waals surface area contributed by atoms with Gasteiger partial charge < -0.3 is 20.9 Å². The fourth-order valence-electron chi connectivity index (χ4n) is 2.38. The molecule has 0 spiro atoms. The van der Waals surface area contributed by atoms with Gasteiger partial charge in [-0.1, -0.05) is 25.1 Å². The maximum absolute atomic E-state index is 11.2. The molecule has 0 aliphatic rings. The Bertz CT molecular complexity index is 760. The van der Waals surface area contributed by atoms with Crippen LogP contribution >= 0.6 is 12.4 Å². The van der Waals surface area contributed by atoms with Gasteiger partial charge in [-0.05, 0) is 24.5 Å². The molecule has 2 aromatic rings. The first-order valence-corrected chi connectivity index (χ1v) is 8.23. The highest BCUT2D eigenvalue weighted by Crippen LogP contribution is 2.25. The average molecular weight is 398 g/mol. The van der Waals surface area contributed by atoms with Crippen molar-refractivity contribution >= 4 is 30.1 Å². The largest absolute Gasteiger partial charge is 0.490 e. The molecule has 9 nitrogen and oxygen atoms in total. The maximum Gasteiger partial charge on any atom is 0.243 e. The molecular weight excluding hydrogens is 374 g/mol. The van der Waals surface area contributed by atoms with E-state index in [0.29, 0.717) is 30.0 Å². The SMILES string of the molecule is CCc1nc(N)nc(N)c1OCCOc1ccccc1CCC(=O)NO.Cl. The van der Waals surface area contributed by atoms with E-state index in [4.69, 9.17) is 26.1 Å². The van der Waals surface area contributed by atoms with Gasteiger partial charge in [0.05, 0.1) is 5.69 Å². The van der Waals surface area contributed by atoms with Crippen LogP contribution in [0.15, 0.2) is 24.3 Å². The molecule has 0 radical (unpaired) electrons. The van der Waals surface area contributed by atoms with Crippen molar-refractivity contribution in [2.45, 2.75) is 26.2 Å². The molecular formula is C17H24ClN5O4. The van der Waals surface area contributed by atoms with Gasteiger partial charge >= 0.3 is 0 Å². The predicted molar refractivity (Wildman–Crippen MR) is 103 cm³/mol. The highest BCUT2D eigenvalue weighted by Gasteiger charge is 2.12. The summed E-state index contributed by atoms with van der Waals surface area (Å²) in [5, 5.41) is 8.57. The van der Waals surface area contributed by atoms with Crippen molar-refractivity contribution in [3.8, 4) is 11.5 Å². The van der Waals surface area contributed by atoms with Crippen LogP contribution in [0.1, 0.15) is 24.6 Å². The number of para-hydroxylation sites is 1. The number of hydrogen-bond donors (Lipinski definition) is 4. The first kappa shape index (κ1) is 22.3. The molecule has 0 aliphatic heterocycles. The van der Waals surface area contributed by atoms with Crippen LogP contribution in [0, 0.1) is 0 Å². The molecule has 1 amide bonds. The number of benzene rings is 1. The van der Waals surface area contributed by atoms with Crippen LogP contribution < -0.4 is 26.4 Å². The van der Waals surface area contributed by atoms with Gasteiger partial charge in [0.1, 0.15) is 19.0 Å². The smallest absolute Gasteiger partial charge is 0.243 e. The van der Waals surface area contributed by atoms with Crippen molar-refractivity contribution in [2.24, 2.45) is 0 Å². The lowest BCUT2D eigenvalue weighted by atomic mass is 10.1. The molecule has 0 atom stereocenters. The number of nitrogens with one attached hydrogen (secondary N) is 1. The summed E-state index contributed by atoms with van der Waals surface area (Å²) in [4.78, 5) is 19.2. The zero-order chi connectivity index (χ0) is 18.9. The minimum absolute atomic E-state index is 0. The van der Waals surface area contributed by atoms with Crippen LogP contribution in [0.4, 0.5) is 11.8 Å². The zero-order valence-corrected chi connectivity index (χ0v) is 15.8. The summed E-state index contributed by atoms with van der Waals surface area (Å²) in [5.41, 5.74) is 14.5. The summed E-state index contributed by atoms with van der Waals surface area (Å²) in [6, 6.07) is 7.37. The number of anilines is 2. The minimum atomic E-state index is -0.450. The Hall–Kier alpha value is -2.78. The van der Waals surface area contributed by atoms with Gasteiger partial charge in [-0.25, -0.2) is 10.5 Å². The van der Waals surface area contributed by atoms with E-state index in [1.54, 1.807) is 5.48 Å². The number of aromatic nitrogens is 2. The second-order valence-corrected chi connectivity index (χ2v) is 5.44. The fraction of sp³-hybridized carbons (Fsp3) is 0.353.